The predicted octanol–water partition coefficient (Wildman–Crippen LogP) is 3.88. The topological polar surface area (TPSA) is 108 Å². The van der Waals surface area contributed by atoms with Crippen LogP contribution < -0.4 is 10.0 Å². The van der Waals surface area contributed by atoms with Crippen molar-refractivity contribution in [1.82, 2.24) is 9.71 Å². The van der Waals surface area contributed by atoms with E-state index in [1.54, 1.807) is 0 Å². The number of nitrogens with zero attached hydrogens (tertiary/aromatic N) is 1. The molecule has 2 amide bonds. The molecule has 1 heterocycles. The molecule has 1 unspecified atom stereocenters. The third-order valence-corrected chi connectivity index (χ3v) is 8.53. The van der Waals surface area contributed by atoms with Gasteiger partial charge in [0.15, 0.2) is 0 Å². The van der Waals surface area contributed by atoms with Crippen molar-refractivity contribution >= 4 is 33.1 Å². The minimum absolute atomic E-state index is 0.245. The monoisotopic (exact) mass is 449 g/mol. The highest BCUT2D eigenvalue weighted by Gasteiger charge is 2.33. The van der Waals surface area contributed by atoms with E-state index in [-0.39, 0.29) is 10.0 Å². The fourth-order valence-electron chi connectivity index (χ4n) is 4.03. The molecule has 7 nitrogen and oxygen atoms in total. The minimum atomic E-state index is -4.14. The fraction of sp³-hybridized carbons (Fsp3) is 0.524. The van der Waals surface area contributed by atoms with E-state index in [0.29, 0.717) is 11.8 Å². The van der Waals surface area contributed by atoms with E-state index < -0.39 is 21.7 Å². The van der Waals surface area contributed by atoms with Crippen molar-refractivity contribution in [2.24, 2.45) is 5.92 Å². The number of benzene rings is 1. The van der Waals surface area contributed by atoms with Gasteiger partial charge in [-0.1, -0.05) is 19.1 Å². The number of aryl methyl sites for hydroxylation is 1. The van der Waals surface area contributed by atoms with E-state index in [9.17, 15) is 18.3 Å². The van der Waals surface area contributed by atoms with E-state index in [1.807, 2.05) is 0 Å². The average Bonchev–Trinajstić information content (AvgIpc) is 3.16. The van der Waals surface area contributed by atoms with Gasteiger partial charge in [-0.05, 0) is 74.5 Å². The second-order valence-corrected chi connectivity index (χ2v) is 11.5. The molecule has 1 fully saturated rings. The molecule has 1 aromatic heterocycles. The number of anilines is 1. The summed E-state index contributed by atoms with van der Waals surface area (Å²) in [5, 5.41) is 14.3. The van der Waals surface area contributed by atoms with Crippen LogP contribution in [0.1, 0.15) is 68.3 Å². The second-order valence-electron chi connectivity index (χ2n) is 8.76. The SMILES string of the molecule is CC(c1ccc2c(c1NC(=O)NS(=O)(=O)c1nc(C(C)(C)O)cs1)CCC2)C1CC1. The quantitative estimate of drug-likeness (QED) is 0.620. The highest BCUT2D eigenvalue weighted by atomic mass is 32.2. The van der Waals surface area contributed by atoms with E-state index in [4.69, 9.17) is 0 Å². The lowest BCUT2D eigenvalue weighted by atomic mass is 9.91. The van der Waals surface area contributed by atoms with Crippen LogP contribution in [0.2, 0.25) is 0 Å². The first-order valence-electron chi connectivity index (χ1n) is 10.2. The van der Waals surface area contributed by atoms with Crippen LogP contribution in [0.4, 0.5) is 10.5 Å². The molecule has 30 heavy (non-hydrogen) atoms. The van der Waals surface area contributed by atoms with Crippen LogP contribution in [0.3, 0.4) is 0 Å². The average molecular weight is 450 g/mol. The molecule has 0 aliphatic heterocycles. The zero-order valence-electron chi connectivity index (χ0n) is 17.4. The van der Waals surface area contributed by atoms with E-state index in [2.05, 4.69) is 34.1 Å². The fourth-order valence-corrected chi connectivity index (χ4v) is 6.11. The third kappa shape index (κ3) is 4.24. The molecule has 2 aliphatic rings. The number of nitrogens with one attached hydrogen (secondary N) is 2. The smallest absolute Gasteiger partial charge is 0.333 e. The van der Waals surface area contributed by atoms with Crippen molar-refractivity contribution in [2.45, 2.75) is 68.7 Å². The summed E-state index contributed by atoms with van der Waals surface area (Å²) in [6, 6.07) is 3.43. The predicted molar refractivity (Wildman–Crippen MR) is 116 cm³/mol. The Bertz CT molecular complexity index is 1080. The van der Waals surface area contributed by atoms with Crippen molar-refractivity contribution in [3.05, 3.63) is 39.9 Å². The van der Waals surface area contributed by atoms with Gasteiger partial charge in [0, 0.05) is 11.1 Å². The van der Waals surface area contributed by atoms with Gasteiger partial charge in [-0.2, -0.15) is 8.42 Å². The van der Waals surface area contributed by atoms with Crippen LogP contribution in [0.5, 0.6) is 0 Å². The summed E-state index contributed by atoms with van der Waals surface area (Å²) in [6.07, 6.45) is 5.26. The first kappa shape index (κ1) is 21.3. The first-order valence-corrected chi connectivity index (χ1v) is 12.6. The molecular weight excluding hydrogens is 422 g/mol. The number of hydrogen-bond acceptors (Lipinski definition) is 6. The van der Waals surface area contributed by atoms with Gasteiger partial charge in [-0.3, -0.25) is 0 Å². The Morgan fingerprint density at radius 1 is 1.30 bits per heavy atom. The number of urea groups is 1. The largest absolute Gasteiger partial charge is 0.384 e. The number of rotatable bonds is 6. The number of carbonyl (C=O) groups is 1. The lowest BCUT2D eigenvalue weighted by molar-refractivity contribution is 0.0741. The Hall–Kier alpha value is -1.97. The van der Waals surface area contributed by atoms with Crippen LogP contribution in [0.25, 0.3) is 0 Å². The molecule has 0 saturated heterocycles. The zero-order valence-corrected chi connectivity index (χ0v) is 19.0. The molecule has 2 aromatic rings. The van der Waals surface area contributed by atoms with Gasteiger partial charge in [-0.15, -0.1) is 11.3 Å². The van der Waals surface area contributed by atoms with Crippen molar-refractivity contribution < 1.29 is 18.3 Å². The van der Waals surface area contributed by atoms with Crippen LogP contribution >= 0.6 is 11.3 Å². The molecular formula is C21H27N3O4S2. The number of sulfonamides is 1. The molecule has 1 saturated carbocycles. The maximum Gasteiger partial charge on any atom is 0.333 e. The third-order valence-electron chi connectivity index (χ3n) is 5.94. The van der Waals surface area contributed by atoms with Crippen LogP contribution in [-0.2, 0) is 28.5 Å². The molecule has 1 atom stereocenters. The summed E-state index contributed by atoms with van der Waals surface area (Å²) in [7, 11) is -4.14. The van der Waals surface area contributed by atoms with Gasteiger partial charge in [-0.25, -0.2) is 14.5 Å². The normalized spacial score (nSPS) is 17.5. The number of fused-ring (bicyclic) bond motifs is 1. The molecule has 4 rings (SSSR count). The van der Waals surface area contributed by atoms with Gasteiger partial charge in [0.2, 0.25) is 4.34 Å². The number of amides is 2. The molecule has 162 valence electrons. The van der Waals surface area contributed by atoms with Gasteiger partial charge in [0.25, 0.3) is 10.0 Å². The molecule has 9 heteroatoms. The Kier molecular flexibility index (Phi) is 5.40. The number of aromatic nitrogens is 1. The first-order chi connectivity index (χ1) is 14.1. The lowest BCUT2D eigenvalue weighted by Crippen LogP contribution is -2.35. The van der Waals surface area contributed by atoms with Gasteiger partial charge < -0.3 is 10.4 Å². The molecule has 1 aromatic carbocycles. The molecule has 3 N–H and O–H groups in total. The highest BCUT2D eigenvalue weighted by molar-refractivity contribution is 7.92. The zero-order chi connectivity index (χ0) is 21.7. The van der Waals surface area contributed by atoms with Crippen molar-refractivity contribution in [2.75, 3.05) is 5.32 Å². The maximum absolute atomic E-state index is 12.7. The number of aliphatic hydroxyl groups is 1. The Labute approximate surface area is 181 Å². The van der Waals surface area contributed by atoms with E-state index >= 15 is 0 Å². The van der Waals surface area contributed by atoms with Gasteiger partial charge in [0.1, 0.15) is 5.60 Å². The molecule has 0 radical (unpaired) electrons. The Morgan fingerprint density at radius 2 is 2.03 bits per heavy atom. The second kappa shape index (κ2) is 7.62. The summed E-state index contributed by atoms with van der Waals surface area (Å²) in [5.74, 6) is 0.934. The highest BCUT2D eigenvalue weighted by Crippen LogP contribution is 2.46. The Morgan fingerprint density at radius 3 is 2.67 bits per heavy atom. The number of hydrogen-bond donors (Lipinski definition) is 3. The van der Waals surface area contributed by atoms with Crippen molar-refractivity contribution in [3.8, 4) is 0 Å². The standard InChI is InChI=1S/C21H27N3O4S2/c1-12(13-7-8-13)15-10-9-14-5-4-6-16(14)18(15)23-19(25)24-30(27,28)20-22-17(11-29-20)21(2,3)26/h9-13,26H,4-8H2,1-3H3,(H2,23,24,25). The molecule has 2 aliphatic carbocycles. The van der Waals surface area contributed by atoms with Crippen LogP contribution in [0, 0.1) is 5.92 Å². The summed E-state index contributed by atoms with van der Waals surface area (Å²) >= 11 is 0.870. The maximum atomic E-state index is 12.7. The summed E-state index contributed by atoms with van der Waals surface area (Å²) < 4.78 is 27.1. The summed E-state index contributed by atoms with van der Waals surface area (Å²) in [6.45, 7) is 5.22. The number of thiazole rings is 1. The molecule has 0 bridgehead atoms. The Balaban J connectivity index is 1.57. The minimum Gasteiger partial charge on any atom is -0.384 e. The summed E-state index contributed by atoms with van der Waals surface area (Å²) in [4.78, 5) is 16.7. The van der Waals surface area contributed by atoms with Crippen LogP contribution in [-0.4, -0.2) is 24.5 Å². The van der Waals surface area contributed by atoms with Gasteiger partial charge >= 0.3 is 6.03 Å². The lowest BCUT2D eigenvalue weighted by Gasteiger charge is -2.20. The van der Waals surface area contributed by atoms with E-state index in [0.717, 1.165) is 47.4 Å². The van der Waals surface area contributed by atoms with Crippen molar-refractivity contribution in [1.29, 1.82) is 0 Å². The molecule has 0 spiro atoms. The van der Waals surface area contributed by atoms with Crippen molar-refractivity contribution in [3.63, 3.8) is 0 Å². The van der Waals surface area contributed by atoms with Crippen LogP contribution in [0.15, 0.2) is 21.9 Å². The van der Waals surface area contributed by atoms with Gasteiger partial charge in [0.05, 0.1) is 5.69 Å². The number of carbonyl (C=O) groups excluding carboxylic acids is 1. The van der Waals surface area contributed by atoms with E-state index in [1.165, 1.54) is 37.6 Å². The summed E-state index contributed by atoms with van der Waals surface area (Å²) in [5.41, 5.74) is 3.15.